The SMILES string of the molecule is CCOOCCOC. The van der Waals surface area contributed by atoms with Gasteiger partial charge in [0, 0.05) is 7.11 Å². The van der Waals surface area contributed by atoms with Crippen molar-refractivity contribution < 1.29 is 14.5 Å². The molecule has 0 aromatic carbocycles. The summed E-state index contributed by atoms with van der Waals surface area (Å²) in [5.41, 5.74) is 0. The Labute approximate surface area is 49.5 Å². The fraction of sp³-hybridized carbons (Fsp3) is 1.00. The fourth-order valence-electron chi connectivity index (χ4n) is 0.260. The Kier molecular flexibility index (Phi) is 6.78. The number of methoxy groups -OCH3 is 1. The van der Waals surface area contributed by atoms with E-state index in [0.29, 0.717) is 19.8 Å². The summed E-state index contributed by atoms with van der Waals surface area (Å²) in [4.78, 5) is 9.15. The van der Waals surface area contributed by atoms with Gasteiger partial charge in [-0.1, -0.05) is 0 Å². The summed E-state index contributed by atoms with van der Waals surface area (Å²) < 4.78 is 4.68. The third kappa shape index (κ3) is 5.88. The molecule has 0 aromatic rings. The molecule has 8 heavy (non-hydrogen) atoms. The molecule has 3 heteroatoms. The lowest BCUT2D eigenvalue weighted by molar-refractivity contribution is -0.295. The molecule has 0 aliphatic rings. The molecule has 0 spiro atoms. The maximum atomic E-state index is 4.68. The third-order valence-corrected chi connectivity index (χ3v) is 0.572. The smallest absolute Gasteiger partial charge is 0.106 e. The van der Waals surface area contributed by atoms with Crippen molar-refractivity contribution >= 4 is 0 Å². The third-order valence-electron chi connectivity index (χ3n) is 0.572. The summed E-state index contributed by atoms with van der Waals surface area (Å²) in [6.07, 6.45) is 0. The minimum Gasteiger partial charge on any atom is -0.382 e. The van der Waals surface area contributed by atoms with Gasteiger partial charge >= 0.3 is 0 Å². The molecular formula is C5H12O3. The Hall–Kier alpha value is -0.120. The van der Waals surface area contributed by atoms with Crippen molar-refractivity contribution in [1.29, 1.82) is 0 Å². The van der Waals surface area contributed by atoms with Crippen LogP contribution < -0.4 is 0 Å². The number of rotatable bonds is 5. The molecule has 0 aliphatic heterocycles. The summed E-state index contributed by atoms with van der Waals surface area (Å²) in [6.45, 7) is 3.54. The van der Waals surface area contributed by atoms with E-state index in [2.05, 4.69) is 14.5 Å². The van der Waals surface area contributed by atoms with Gasteiger partial charge in [0.05, 0.1) is 13.2 Å². The lowest BCUT2D eigenvalue weighted by atomic mass is 10.8. The summed E-state index contributed by atoms with van der Waals surface area (Å²) in [5, 5.41) is 0. The normalized spacial score (nSPS) is 9.75. The molecule has 0 unspecified atom stereocenters. The van der Waals surface area contributed by atoms with Crippen LogP contribution in [0.15, 0.2) is 0 Å². The average Bonchev–Trinajstić information content (AvgIpc) is 1.81. The highest BCUT2D eigenvalue weighted by atomic mass is 17.2. The van der Waals surface area contributed by atoms with Gasteiger partial charge in [-0.2, -0.15) is 0 Å². The van der Waals surface area contributed by atoms with Crippen LogP contribution >= 0.6 is 0 Å². The number of hydrogen-bond donors (Lipinski definition) is 0. The predicted molar refractivity (Wildman–Crippen MR) is 29.5 cm³/mol. The molecule has 0 fully saturated rings. The molecule has 0 atom stereocenters. The van der Waals surface area contributed by atoms with Gasteiger partial charge in [0.25, 0.3) is 0 Å². The minimum atomic E-state index is 0.504. The zero-order valence-corrected chi connectivity index (χ0v) is 5.35. The van der Waals surface area contributed by atoms with Crippen LogP contribution in [0.4, 0.5) is 0 Å². The topological polar surface area (TPSA) is 27.7 Å². The molecular weight excluding hydrogens is 108 g/mol. The molecule has 0 rings (SSSR count). The molecule has 3 nitrogen and oxygen atoms in total. The van der Waals surface area contributed by atoms with Crippen LogP contribution in [0.3, 0.4) is 0 Å². The molecule has 0 saturated heterocycles. The first kappa shape index (κ1) is 7.88. The molecule has 50 valence electrons. The number of hydrogen-bond acceptors (Lipinski definition) is 3. The zero-order valence-electron chi connectivity index (χ0n) is 5.35. The summed E-state index contributed by atoms with van der Waals surface area (Å²) in [7, 11) is 1.62. The van der Waals surface area contributed by atoms with Crippen LogP contribution in [0.25, 0.3) is 0 Å². The monoisotopic (exact) mass is 120 g/mol. The van der Waals surface area contributed by atoms with Gasteiger partial charge in [-0.15, -0.1) is 0 Å². The first-order valence-electron chi connectivity index (χ1n) is 2.65. The van der Waals surface area contributed by atoms with Crippen LogP contribution in [0.1, 0.15) is 6.92 Å². The van der Waals surface area contributed by atoms with Gasteiger partial charge in [0.2, 0.25) is 0 Å². The number of ether oxygens (including phenoxy) is 1. The highest BCUT2D eigenvalue weighted by Crippen LogP contribution is 1.76. The molecule has 0 heterocycles. The summed E-state index contributed by atoms with van der Waals surface area (Å²) >= 11 is 0. The fourth-order valence-corrected chi connectivity index (χ4v) is 0.260. The summed E-state index contributed by atoms with van der Waals surface area (Å²) in [6, 6.07) is 0. The predicted octanol–water partition coefficient (Wildman–Crippen LogP) is 0.601. The maximum absolute atomic E-state index is 4.68. The Morgan fingerprint density at radius 1 is 1.12 bits per heavy atom. The Bertz CT molecular complexity index is 32.7. The standard InChI is InChI=1S/C5H12O3/c1-3-7-8-5-4-6-2/h3-5H2,1-2H3. The van der Waals surface area contributed by atoms with Crippen LogP contribution in [0.5, 0.6) is 0 Å². The van der Waals surface area contributed by atoms with Crippen LogP contribution in [-0.2, 0) is 14.5 Å². The highest BCUT2D eigenvalue weighted by Gasteiger charge is 1.82. The second kappa shape index (κ2) is 6.88. The van der Waals surface area contributed by atoms with E-state index >= 15 is 0 Å². The largest absolute Gasteiger partial charge is 0.382 e. The van der Waals surface area contributed by atoms with Crippen molar-refractivity contribution in [3.63, 3.8) is 0 Å². The quantitative estimate of drug-likeness (QED) is 0.302. The molecule has 0 amide bonds. The molecule has 0 aliphatic carbocycles. The van der Waals surface area contributed by atoms with E-state index in [1.807, 2.05) is 6.92 Å². The molecule has 0 aromatic heterocycles. The van der Waals surface area contributed by atoms with Crippen molar-refractivity contribution in [2.75, 3.05) is 26.9 Å². The second-order valence-electron chi connectivity index (χ2n) is 1.22. The minimum absolute atomic E-state index is 0.504. The van der Waals surface area contributed by atoms with Crippen LogP contribution in [0, 0.1) is 0 Å². The Balaban J connectivity index is 2.53. The Morgan fingerprint density at radius 2 is 1.88 bits per heavy atom. The van der Waals surface area contributed by atoms with Crippen LogP contribution in [0.2, 0.25) is 0 Å². The van der Waals surface area contributed by atoms with Crippen molar-refractivity contribution in [3.8, 4) is 0 Å². The molecule has 0 bridgehead atoms. The van der Waals surface area contributed by atoms with Crippen molar-refractivity contribution in [3.05, 3.63) is 0 Å². The van der Waals surface area contributed by atoms with Crippen molar-refractivity contribution in [2.24, 2.45) is 0 Å². The second-order valence-corrected chi connectivity index (χ2v) is 1.22. The van der Waals surface area contributed by atoms with E-state index in [1.54, 1.807) is 7.11 Å². The van der Waals surface area contributed by atoms with Gasteiger partial charge in [-0.05, 0) is 6.92 Å². The van der Waals surface area contributed by atoms with E-state index < -0.39 is 0 Å². The average molecular weight is 120 g/mol. The van der Waals surface area contributed by atoms with E-state index in [4.69, 9.17) is 0 Å². The van der Waals surface area contributed by atoms with Gasteiger partial charge < -0.3 is 4.74 Å². The van der Waals surface area contributed by atoms with Crippen LogP contribution in [-0.4, -0.2) is 26.9 Å². The van der Waals surface area contributed by atoms with Gasteiger partial charge in [-0.25, -0.2) is 9.78 Å². The Morgan fingerprint density at radius 3 is 2.38 bits per heavy atom. The molecule has 0 saturated carbocycles. The van der Waals surface area contributed by atoms with E-state index in [-0.39, 0.29) is 0 Å². The molecule has 0 radical (unpaired) electrons. The first-order valence-corrected chi connectivity index (χ1v) is 2.65. The highest BCUT2D eigenvalue weighted by molar-refractivity contribution is 4.16. The van der Waals surface area contributed by atoms with Gasteiger partial charge in [-0.3, -0.25) is 0 Å². The first-order chi connectivity index (χ1) is 3.91. The lowest BCUT2D eigenvalue weighted by Crippen LogP contribution is -2.01. The maximum Gasteiger partial charge on any atom is 0.106 e. The van der Waals surface area contributed by atoms with Crippen molar-refractivity contribution in [1.82, 2.24) is 0 Å². The van der Waals surface area contributed by atoms with Crippen molar-refractivity contribution in [2.45, 2.75) is 6.92 Å². The van der Waals surface area contributed by atoms with E-state index in [0.717, 1.165) is 0 Å². The van der Waals surface area contributed by atoms with E-state index in [1.165, 1.54) is 0 Å². The zero-order chi connectivity index (χ0) is 6.24. The van der Waals surface area contributed by atoms with Gasteiger partial charge in [0.15, 0.2) is 0 Å². The van der Waals surface area contributed by atoms with Gasteiger partial charge in [0.1, 0.15) is 6.61 Å². The summed E-state index contributed by atoms with van der Waals surface area (Å²) in [5.74, 6) is 0. The lowest BCUT2D eigenvalue weighted by Gasteiger charge is -1.98. The van der Waals surface area contributed by atoms with E-state index in [9.17, 15) is 0 Å². The molecule has 0 N–H and O–H groups in total.